The van der Waals surface area contributed by atoms with Gasteiger partial charge in [-0.05, 0) is 207 Å². The predicted octanol–water partition coefficient (Wildman–Crippen LogP) is 20.7. The maximum absolute atomic E-state index is 11.8. The lowest BCUT2D eigenvalue weighted by Crippen LogP contribution is -2.26. The van der Waals surface area contributed by atoms with Crippen LogP contribution in [0.15, 0.2) is 109 Å². The van der Waals surface area contributed by atoms with E-state index in [-0.39, 0.29) is 127 Å². The van der Waals surface area contributed by atoms with E-state index in [4.69, 9.17) is 54.0 Å². The van der Waals surface area contributed by atoms with E-state index < -0.39 is 33.6 Å². The Bertz CT molecular complexity index is 3150. The minimum atomic E-state index is -0.722. The predicted molar refractivity (Wildman–Crippen MR) is 470 cm³/mol. The lowest BCUT2D eigenvalue weighted by atomic mass is 9.78. The van der Waals surface area contributed by atoms with Crippen LogP contribution in [0.25, 0.3) is 0 Å². The summed E-state index contributed by atoms with van der Waals surface area (Å²) in [6.07, 6.45) is 10.5. The largest absolute Gasteiger partial charge is 0.486 e. The summed E-state index contributed by atoms with van der Waals surface area (Å²) in [5, 5.41) is 42.1. The van der Waals surface area contributed by atoms with E-state index in [9.17, 15) is 43.2 Å². The summed E-state index contributed by atoms with van der Waals surface area (Å²) in [4.78, 5) is 99.7. The van der Waals surface area contributed by atoms with Crippen LogP contribution in [0.5, 0.6) is 11.5 Å². The number of aliphatic carboxylic acids is 2. The molecule has 0 bridgehead atoms. The fraction of sp³-hybridized carbons (Fsp3) is 0.656. The second-order valence-corrected chi connectivity index (χ2v) is 33.8. The first-order valence-electron chi connectivity index (χ1n) is 42.0. The van der Waals surface area contributed by atoms with Crippen molar-refractivity contribution in [2.75, 3.05) is 66.6 Å². The molecule has 4 aromatic carbocycles. The zero-order chi connectivity index (χ0) is 91.6. The third-order valence-corrected chi connectivity index (χ3v) is 21.3. The molecule has 21 nitrogen and oxygen atoms in total. The highest BCUT2D eigenvalue weighted by atomic mass is 16.6. The van der Waals surface area contributed by atoms with Crippen LogP contribution < -0.4 is 9.47 Å². The molecule has 670 valence electrons. The Hall–Kier alpha value is -8.01. The van der Waals surface area contributed by atoms with Gasteiger partial charge in [0.1, 0.15) is 37.9 Å². The Labute approximate surface area is 706 Å². The van der Waals surface area contributed by atoms with E-state index in [1.165, 1.54) is 29.4 Å². The topological polar surface area (TPSA) is 319 Å². The van der Waals surface area contributed by atoms with Crippen molar-refractivity contribution in [3.05, 3.63) is 131 Å². The van der Waals surface area contributed by atoms with Gasteiger partial charge >= 0.3 is 41.8 Å². The van der Waals surface area contributed by atoms with Crippen LogP contribution in [0, 0.1) is 50.2 Å². The highest BCUT2D eigenvalue weighted by molar-refractivity contribution is 5.83. The Morgan fingerprint density at radius 1 is 0.325 bits per heavy atom. The molecule has 0 radical (unpaired) electrons. The number of Topliss-reactive ketones (excluding diaryl/α,β-unsaturated/α-hetero) is 2. The van der Waals surface area contributed by atoms with Gasteiger partial charge in [0, 0.05) is 29.3 Å². The number of carbonyl (C=O) groups excluding carboxylic acids is 7. The molecule has 3 unspecified atom stereocenters. The average Bonchev–Trinajstić information content (AvgIpc) is 0.811. The normalized spacial score (nSPS) is 12.0. The van der Waals surface area contributed by atoms with Crippen LogP contribution in [-0.2, 0) is 77.7 Å². The van der Waals surface area contributed by atoms with Crippen LogP contribution in [0.3, 0.4) is 0 Å². The number of carboxylic acids is 2. The van der Waals surface area contributed by atoms with Gasteiger partial charge in [-0.2, -0.15) is 0 Å². The number of rotatable bonds is 39. The number of ether oxygens (including phenoxy) is 7. The molecule has 0 saturated carbocycles. The Morgan fingerprint density at radius 2 is 0.598 bits per heavy atom. The Kier molecular flexibility index (Phi) is 62.5. The van der Waals surface area contributed by atoms with Gasteiger partial charge in [0.05, 0.1) is 71.9 Å². The summed E-state index contributed by atoms with van der Waals surface area (Å²) < 4.78 is 35.4. The maximum Gasteiger partial charge on any atom is 0.311 e. The fourth-order valence-corrected chi connectivity index (χ4v) is 8.05. The third kappa shape index (κ3) is 50.5. The first-order chi connectivity index (χ1) is 54.3. The third-order valence-electron chi connectivity index (χ3n) is 21.3. The summed E-state index contributed by atoms with van der Waals surface area (Å²) >= 11 is 0. The summed E-state index contributed by atoms with van der Waals surface area (Å²) in [7, 11) is 1.42. The smallest absolute Gasteiger partial charge is 0.311 e. The number of aliphatic hydroxyl groups is 3. The van der Waals surface area contributed by atoms with Crippen LogP contribution in [-0.4, -0.2) is 145 Å². The van der Waals surface area contributed by atoms with Gasteiger partial charge in [-0.3, -0.25) is 43.2 Å². The lowest BCUT2D eigenvalue weighted by Gasteiger charge is -2.26. The quantitative estimate of drug-likeness (QED) is 0.0157. The van der Waals surface area contributed by atoms with Crippen LogP contribution >= 0.6 is 0 Å². The number of methoxy groups -OCH3 is 1. The number of hydrogen-bond donors (Lipinski definition) is 5. The molecule has 0 aliphatic heterocycles. The second kappa shape index (κ2) is 62.2. The van der Waals surface area contributed by atoms with Crippen molar-refractivity contribution >= 4 is 53.4 Å². The molecule has 0 heterocycles. The van der Waals surface area contributed by atoms with Gasteiger partial charge in [0.15, 0.2) is 11.6 Å². The van der Waals surface area contributed by atoms with E-state index in [0.717, 1.165) is 75.7 Å². The van der Waals surface area contributed by atoms with Crippen LogP contribution in [0.2, 0.25) is 0 Å². The molecule has 21 heteroatoms. The maximum atomic E-state index is 11.8. The fourth-order valence-electron chi connectivity index (χ4n) is 8.05. The first kappa shape index (κ1) is 118. The van der Waals surface area contributed by atoms with Crippen molar-refractivity contribution in [1.29, 1.82) is 0 Å². The number of benzene rings is 4. The van der Waals surface area contributed by atoms with Gasteiger partial charge in [-0.1, -0.05) is 209 Å². The van der Waals surface area contributed by atoms with Gasteiger partial charge in [-0.25, -0.2) is 0 Å². The molecule has 0 saturated heterocycles. The first-order valence-corrected chi connectivity index (χ1v) is 42.0. The van der Waals surface area contributed by atoms with E-state index in [2.05, 4.69) is 112 Å². The minimum Gasteiger partial charge on any atom is -0.486 e. The van der Waals surface area contributed by atoms with Crippen molar-refractivity contribution in [1.82, 2.24) is 0 Å². The monoisotopic (exact) mass is 1650 g/mol. The number of unbranched alkanes of at least 4 members (excludes halogenated alkanes) is 2. The number of hydrogen-bond acceptors (Lipinski definition) is 19. The molecule has 5 N–H and O–H groups in total. The second-order valence-electron chi connectivity index (χ2n) is 33.8. The Balaban J connectivity index is -0.000000415. The number of carboxylic acid groups (broad SMARTS) is 2. The van der Waals surface area contributed by atoms with Crippen molar-refractivity contribution < 1.29 is 102 Å². The average molecular weight is 1650 g/mol. The van der Waals surface area contributed by atoms with Crippen molar-refractivity contribution in [3.8, 4) is 11.5 Å². The summed E-state index contributed by atoms with van der Waals surface area (Å²) in [6.45, 7) is 57.4. The highest BCUT2D eigenvalue weighted by Crippen LogP contribution is 2.34. The number of carbonyl (C=O) groups is 9. The van der Waals surface area contributed by atoms with Gasteiger partial charge in [0.2, 0.25) is 0 Å². The molecule has 0 aliphatic carbocycles. The van der Waals surface area contributed by atoms with Crippen molar-refractivity contribution in [2.45, 2.75) is 295 Å². The van der Waals surface area contributed by atoms with Gasteiger partial charge in [-0.15, -0.1) is 0 Å². The van der Waals surface area contributed by atoms with E-state index >= 15 is 0 Å². The molecule has 0 spiro atoms. The van der Waals surface area contributed by atoms with E-state index in [1.54, 1.807) is 27.7 Å². The van der Waals surface area contributed by atoms with E-state index in [1.807, 2.05) is 175 Å². The number of aliphatic hydroxyl groups excluding tert-OH is 3. The van der Waals surface area contributed by atoms with E-state index in [0.29, 0.717) is 32.5 Å². The molecule has 117 heavy (non-hydrogen) atoms. The van der Waals surface area contributed by atoms with Gasteiger partial charge < -0.3 is 58.7 Å². The molecular weight excluding hydrogens is 1490 g/mol. The molecule has 0 aromatic heterocycles. The van der Waals surface area contributed by atoms with Gasteiger partial charge in [0.25, 0.3) is 0 Å². The molecular formula is C96H160O21. The SMILES string of the molecule is CCC(C)(C)C(=O)O.CCC(C)(C)C(=O)O.CCC(C)(C)C(=O)OC.CCC(C)(C)C(=O)OCCO.CCC(C)(C)C(=O)OCCO.CCC(C)C(=O)COc1ccc(C(C)(C)c2ccccc2)cc1.CCC(C)C(=O)COc1ccc(C(C)(C)c2ccccc2)cc1.CCC(C)C(=O)OCCCCO.CCCCOC(=O)C(C)(C)CC. The molecule has 4 rings (SSSR count). The lowest BCUT2D eigenvalue weighted by molar-refractivity contribution is -0.155. The molecule has 0 aliphatic rings. The zero-order valence-corrected chi connectivity index (χ0v) is 77.9. The summed E-state index contributed by atoms with van der Waals surface area (Å²) in [6, 6.07) is 37.0. The standard InChI is InChI=1S/2C21H26O2.C10H20O2.C9H18O3.2C8H16O3.C7H14O2.2C6H12O2/c2*1-5-16(2)20(22)15-23-19-13-11-18(12-14-19)21(3,4)17-9-7-6-8-10-17;1-5-7-8-12-9(11)10(3,4)6-2;1-3-8(2)9(11)12-7-5-4-6-10;2*1-4-8(2,3)7(10)11-6-5-9;1-5-7(2,3)6(8)9-4;2*1-4-6(2,3)5(7)8/h2*6-14,16H,5,15H2,1-4H3;5-8H2,1-4H3;8,10H,3-7H2,1-2H3;2*9H,4-6H2,1-3H3;5H2,1-4H3;2*4H2,1-3H3,(H,7,8). The summed E-state index contributed by atoms with van der Waals surface area (Å²) in [5.41, 5.74) is 2.33. The Morgan fingerprint density at radius 3 is 0.829 bits per heavy atom. The summed E-state index contributed by atoms with van der Waals surface area (Å²) in [5.74, 6) is -0.343. The zero-order valence-electron chi connectivity index (χ0n) is 77.9. The molecule has 4 aromatic rings. The number of ketones is 2. The molecule has 0 amide bonds. The van der Waals surface area contributed by atoms with Crippen molar-refractivity contribution in [3.63, 3.8) is 0 Å². The minimum absolute atomic E-state index is 0.000809. The van der Waals surface area contributed by atoms with Crippen LogP contribution in [0.4, 0.5) is 0 Å². The number of esters is 5. The molecule has 0 fully saturated rings. The van der Waals surface area contributed by atoms with Crippen molar-refractivity contribution in [2.24, 2.45) is 50.2 Å². The highest BCUT2D eigenvalue weighted by Gasteiger charge is 2.31. The van der Waals surface area contributed by atoms with Crippen LogP contribution in [0.1, 0.15) is 307 Å². The molecule has 3 atom stereocenters.